The van der Waals surface area contributed by atoms with Gasteiger partial charge in [0.15, 0.2) is 3.95 Å². The lowest BCUT2D eigenvalue weighted by Crippen LogP contribution is -1.94. The summed E-state index contributed by atoms with van der Waals surface area (Å²) in [6.07, 6.45) is 3.73. The summed E-state index contributed by atoms with van der Waals surface area (Å²) in [4.78, 5) is 5.10. The lowest BCUT2D eigenvalue weighted by Gasteiger charge is -2.07. The number of thiazole rings is 1. The average Bonchev–Trinajstić information content (AvgIpc) is 3.16. The van der Waals surface area contributed by atoms with Crippen LogP contribution in [0.2, 0.25) is 0 Å². The van der Waals surface area contributed by atoms with Gasteiger partial charge in [-0.3, -0.25) is 9.56 Å². The van der Waals surface area contributed by atoms with Crippen LogP contribution in [0.25, 0.3) is 17.3 Å². The Bertz CT molecular complexity index is 1080. The summed E-state index contributed by atoms with van der Waals surface area (Å²) in [6, 6.07) is 15.4. The molecule has 0 spiro atoms. The molecule has 0 saturated carbocycles. The standard InChI is InChI=1S/C19H14N2O2S2/c1-23-14-6-4-5-13(10-14)21-18(22)17(25-19(21)24)9-12-11-20-16-8-3-2-7-15(12)16/h2-11,22H,1H3/b12-9-. The molecule has 1 aliphatic heterocycles. The molecule has 2 aromatic carbocycles. The number of fused-ring (bicyclic) bond motifs is 1. The number of para-hydroxylation sites is 1. The molecule has 0 fully saturated rings. The van der Waals surface area contributed by atoms with Gasteiger partial charge in [0.1, 0.15) is 5.75 Å². The first-order valence-electron chi connectivity index (χ1n) is 7.62. The Morgan fingerprint density at radius 1 is 1.20 bits per heavy atom. The SMILES string of the molecule is COc1cccc(-n2c(O)c(/C=C3/C=Nc4ccccc43)sc2=S)c1. The topological polar surface area (TPSA) is 46.8 Å². The van der Waals surface area contributed by atoms with Crippen LogP contribution in [0.5, 0.6) is 11.6 Å². The van der Waals surface area contributed by atoms with Crippen LogP contribution in [0.3, 0.4) is 0 Å². The van der Waals surface area contributed by atoms with E-state index in [-0.39, 0.29) is 5.88 Å². The van der Waals surface area contributed by atoms with E-state index in [2.05, 4.69) is 4.99 Å². The zero-order chi connectivity index (χ0) is 17.4. The maximum Gasteiger partial charge on any atom is 0.215 e. The highest BCUT2D eigenvalue weighted by Gasteiger charge is 2.16. The Kier molecular flexibility index (Phi) is 3.99. The summed E-state index contributed by atoms with van der Waals surface area (Å²) >= 11 is 6.82. The predicted molar refractivity (Wildman–Crippen MR) is 105 cm³/mol. The summed E-state index contributed by atoms with van der Waals surface area (Å²) in [5.41, 5.74) is 3.71. The molecule has 2 heterocycles. The van der Waals surface area contributed by atoms with Gasteiger partial charge in [0.2, 0.25) is 5.88 Å². The maximum absolute atomic E-state index is 10.7. The molecule has 0 saturated heterocycles. The molecule has 1 N–H and O–H groups in total. The molecule has 0 bridgehead atoms. The second kappa shape index (κ2) is 6.31. The number of methoxy groups -OCH3 is 1. The number of allylic oxidation sites excluding steroid dienone is 1. The lowest BCUT2D eigenvalue weighted by molar-refractivity contribution is 0.413. The van der Waals surface area contributed by atoms with Gasteiger partial charge >= 0.3 is 0 Å². The Morgan fingerprint density at radius 2 is 2.04 bits per heavy atom. The van der Waals surface area contributed by atoms with Crippen LogP contribution < -0.4 is 4.74 Å². The van der Waals surface area contributed by atoms with E-state index >= 15 is 0 Å². The van der Waals surface area contributed by atoms with E-state index in [1.165, 1.54) is 11.3 Å². The van der Waals surface area contributed by atoms with Gasteiger partial charge in [-0.05, 0) is 36.5 Å². The van der Waals surface area contributed by atoms with Gasteiger partial charge in [0.25, 0.3) is 0 Å². The summed E-state index contributed by atoms with van der Waals surface area (Å²) in [7, 11) is 1.61. The third-order valence-electron chi connectivity index (χ3n) is 3.97. The molecule has 25 heavy (non-hydrogen) atoms. The average molecular weight is 366 g/mol. The molecule has 4 nitrogen and oxygen atoms in total. The molecule has 1 aromatic heterocycles. The van der Waals surface area contributed by atoms with Crippen LogP contribution in [0.1, 0.15) is 10.4 Å². The maximum atomic E-state index is 10.7. The third-order valence-corrected chi connectivity index (χ3v) is 5.28. The van der Waals surface area contributed by atoms with E-state index in [1.54, 1.807) is 11.7 Å². The largest absolute Gasteiger partial charge is 0.497 e. The summed E-state index contributed by atoms with van der Waals surface area (Å²) in [5.74, 6) is 0.829. The summed E-state index contributed by atoms with van der Waals surface area (Å²) in [6.45, 7) is 0. The highest BCUT2D eigenvalue weighted by Crippen LogP contribution is 2.37. The van der Waals surface area contributed by atoms with Crippen molar-refractivity contribution in [1.29, 1.82) is 0 Å². The van der Waals surface area contributed by atoms with Gasteiger partial charge in [-0.15, -0.1) is 11.3 Å². The first-order chi connectivity index (χ1) is 12.2. The van der Waals surface area contributed by atoms with Crippen LogP contribution in [0, 0.1) is 3.95 Å². The van der Waals surface area contributed by atoms with Crippen molar-refractivity contribution in [3.8, 4) is 17.3 Å². The fraction of sp³-hybridized carbons (Fsp3) is 0.0526. The number of aromatic nitrogens is 1. The van der Waals surface area contributed by atoms with E-state index in [4.69, 9.17) is 17.0 Å². The van der Waals surface area contributed by atoms with Crippen LogP contribution in [0.15, 0.2) is 53.5 Å². The minimum atomic E-state index is 0.119. The fourth-order valence-corrected chi connectivity index (χ4v) is 4.05. The van der Waals surface area contributed by atoms with Gasteiger partial charge < -0.3 is 9.84 Å². The van der Waals surface area contributed by atoms with Crippen molar-refractivity contribution in [2.75, 3.05) is 7.11 Å². The first kappa shape index (κ1) is 15.8. The van der Waals surface area contributed by atoms with Crippen molar-refractivity contribution < 1.29 is 9.84 Å². The minimum absolute atomic E-state index is 0.119. The molecule has 3 aromatic rings. The van der Waals surface area contributed by atoms with Crippen LogP contribution >= 0.6 is 23.6 Å². The van der Waals surface area contributed by atoms with Crippen molar-refractivity contribution >= 4 is 47.1 Å². The highest BCUT2D eigenvalue weighted by molar-refractivity contribution is 7.73. The van der Waals surface area contributed by atoms with Gasteiger partial charge in [0.05, 0.1) is 23.4 Å². The number of aliphatic imine (C=N–C) groups is 1. The lowest BCUT2D eigenvalue weighted by atomic mass is 10.1. The number of rotatable bonds is 3. The van der Waals surface area contributed by atoms with Crippen molar-refractivity contribution in [3.63, 3.8) is 0 Å². The zero-order valence-corrected chi connectivity index (χ0v) is 15.0. The van der Waals surface area contributed by atoms with E-state index in [0.29, 0.717) is 14.6 Å². The van der Waals surface area contributed by atoms with Crippen LogP contribution in [0.4, 0.5) is 5.69 Å². The molecule has 1 aliphatic rings. The normalized spacial score (nSPS) is 14.0. The molecule has 0 atom stereocenters. The monoisotopic (exact) mass is 366 g/mol. The van der Waals surface area contributed by atoms with E-state index in [0.717, 1.165) is 22.5 Å². The number of benzene rings is 2. The molecule has 124 valence electrons. The molecular weight excluding hydrogens is 352 g/mol. The van der Waals surface area contributed by atoms with Crippen molar-refractivity contribution in [2.24, 2.45) is 4.99 Å². The smallest absolute Gasteiger partial charge is 0.215 e. The second-order valence-corrected chi connectivity index (χ2v) is 7.14. The number of ether oxygens (including phenoxy) is 1. The molecule has 0 unspecified atom stereocenters. The molecule has 0 radical (unpaired) electrons. The van der Waals surface area contributed by atoms with Crippen LogP contribution in [-0.4, -0.2) is 23.0 Å². The van der Waals surface area contributed by atoms with Crippen LogP contribution in [-0.2, 0) is 0 Å². The van der Waals surface area contributed by atoms with Crippen molar-refractivity contribution in [3.05, 3.63) is 62.9 Å². The fourth-order valence-electron chi connectivity index (χ4n) is 2.75. The van der Waals surface area contributed by atoms with Gasteiger partial charge in [-0.25, -0.2) is 0 Å². The second-order valence-electron chi connectivity index (χ2n) is 5.47. The number of hydrogen-bond acceptors (Lipinski definition) is 5. The van der Waals surface area contributed by atoms with Gasteiger partial charge in [-0.1, -0.05) is 24.3 Å². The first-order valence-corrected chi connectivity index (χ1v) is 8.84. The molecule has 0 amide bonds. The third kappa shape index (κ3) is 2.79. The van der Waals surface area contributed by atoms with E-state index < -0.39 is 0 Å². The Labute approximate surface area is 154 Å². The van der Waals surface area contributed by atoms with E-state index in [9.17, 15) is 5.11 Å². The Hall–Kier alpha value is -2.70. The highest BCUT2D eigenvalue weighted by atomic mass is 32.1. The Balaban J connectivity index is 1.80. The number of hydrogen-bond donors (Lipinski definition) is 1. The van der Waals surface area contributed by atoms with Gasteiger partial charge in [-0.2, -0.15) is 0 Å². The van der Waals surface area contributed by atoms with Crippen molar-refractivity contribution in [2.45, 2.75) is 0 Å². The quantitative estimate of drug-likeness (QED) is 0.645. The van der Waals surface area contributed by atoms with Gasteiger partial charge in [0, 0.05) is 23.4 Å². The van der Waals surface area contributed by atoms with E-state index in [1.807, 2.05) is 60.8 Å². The Morgan fingerprint density at radius 3 is 2.88 bits per heavy atom. The molecule has 6 heteroatoms. The number of aromatic hydroxyl groups is 1. The molecular formula is C19H14N2O2S2. The minimum Gasteiger partial charge on any atom is -0.497 e. The molecule has 0 aliphatic carbocycles. The number of nitrogens with zero attached hydrogens (tertiary/aromatic N) is 2. The van der Waals surface area contributed by atoms with Crippen molar-refractivity contribution in [1.82, 2.24) is 4.57 Å². The molecule has 4 rings (SSSR count). The summed E-state index contributed by atoms with van der Waals surface area (Å²) in [5, 5.41) is 10.7. The predicted octanol–water partition coefficient (Wildman–Crippen LogP) is 5.24. The summed E-state index contributed by atoms with van der Waals surface area (Å²) < 4.78 is 7.47. The zero-order valence-electron chi connectivity index (χ0n) is 13.3.